The van der Waals surface area contributed by atoms with Crippen molar-refractivity contribution in [1.82, 2.24) is 9.62 Å². The minimum Gasteiger partial charge on any atom is -0.480 e. The van der Waals surface area contributed by atoms with Gasteiger partial charge in [0.05, 0.1) is 5.75 Å². The molecule has 138 valence electrons. The summed E-state index contributed by atoms with van der Waals surface area (Å²) in [6.45, 7) is 4.36. The van der Waals surface area contributed by atoms with Gasteiger partial charge in [-0.1, -0.05) is 25.5 Å². The molecule has 0 aromatic heterocycles. The first-order valence-electron chi connectivity index (χ1n) is 8.44. The van der Waals surface area contributed by atoms with Crippen LogP contribution in [0.3, 0.4) is 0 Å². The molecule has 0 radical (unpaired) electrons. The Hall–Kier alpha value is -1.41. The number of aliphatic carboxylic acids is 1. The molecule has 1 heterocycles. The molecule has 0 bridgehead atoms. The van der Waals surface area contributed by atoms with Crippen LogP contribution in [0, 0.1) is 5.92 Å². The lowest BCUT2D eigenvalue weighted by molar-refractivity contribution is -0.142. The molecule has 7 nitrogen and oxygen atoms in total. The molecule has 0 saturated carbocycles. The van der Waals surface area contributed by atoms with Gasteiger partial charge in [0.15, 0.2) is 0 Å². The van der Waals surface area contributed by atoms with Crippen molar-refractivity contribution in [1.29, 1.82) is 0 Å². The van der Waals surface area contributed by atoms with Gasteiger partial charge in [0.1, 0.15) is 6.04 Å². The smallest absolute Gasteiger partial charge is 0.326 e. The maximum absolute atomic E-state index is 12.2. The molecule has 1 rings (SSSR count). The first-order chi connectivity index (χ1) is 11.3. The number of sulfonamides is 1. The maximum atomic E-state index is 12.2. The standard InChI is InChI=1S/C16H28N2O5S/c1-3-5-7-14(16(20)21)17-15(19)13-8-10-18(11-9-13)24(22,23)12-6-4-2/h3,5,13-14H,4,6-12H2,1-2H3,(H,17,19)(H,20,21)/b5-3+. The highest BCUT2D eigenvalue weighted by molar-refractivity contribution is 7.89. The monoisotopic (exact) mass is 360 g/mol. The van der Waals surface area contributed by atoms with Crippen LogP contribution in [-0.2, 0) is 19.6 Å². The fourth-order valence-electron chi connectivity index (χ4n) is 2.64. The molecule has 1 aliphatic heterocycles. The Kier molecular flexibility index (Phi) is 8.41. The van der Waals surface area contributed by atoms with Gasteiger partial charge in [-0.05, 0) is 32.6 Å². The summed E-state index contributed by atoms with van der Waals surface area (Å²) in [5.41, 5.74) is 0. The number of amides is 1. The lowest BCUT2D eigenvalue weighted by Crippen LogP contribution is -2.47. The van der Waals surface area contributed by atoms with Gasteiger partial charge in [-0.25, -0.2) is 17.5 Å². The van der Waals surface area contributed by atoms with Gasteiger partial charge in [-0.2, -0.15) is 0 Å². The average Bonchev–Trinajstić information content (AvgIpc) is 2.56. The minimum atomic E-state index is -3.24. The summed E-state index contributed by atoms with van der Waals surface area (Å²) < 4.78 is 25.7. The molecule has 1 fully saturated rings. The predicted molar refractivity (Wildman–Crippen MR) is 92.0 cm³/mol. The normalized spacial score (nSPS) is 18.6. The number of nitrogens with zero attached hydrogens (tertiary/aromatic N) is 1. The van der Waals surface area contributed by atoms with Crippen LogP contribution in [0.1, 0.15) is 46.0 Å². The molecule has 0 aromatic rings. The second-order valence-corrected chi connectivity index (χ2v) is 8.14. The first kappa shape index (κ1) is 20.6. The van der Waals surface area contributed by atoms with Crippen LogP contribution in [0.2, 0.25) is 0 Å². The van der Waals surface area contributed by atoms with Crippen molar-refractivity contribution in [2.75, 3.05) is 18.8 Å². The van der Waals surface area contributed by atoms with Crippen molar-refractivity contribution in [3.05, 3.63) is 12.2 Å². The van der Waals surface area contributed by atoms with Crippen LogP contribution in [0.5, 0.6) is 0 Å². The average molecular weight is 360 g/mol. The highest BCUT2D eigenvalue weighted by Gasteiger charge is 2.32. The third-order valence-corrected chi connectivity index (χ3v) is 6.15. The van der Waals surface area contributed by atoms with Crippen molar-refractivity contribution < 1.29 is 23.1 Å². The second-order valence-electron chi connectivity index (χ2n) is 6.05. The van der Waals surface area contributed by atoms with E-state index in [0.717, 1.165) is 6.42 Å². The topological polar surface area (TPSA) is 104 Å². The molecule has 0 spiro atoms. The van der Waals surface area contributed by atoms with Gasteiger partial charge in [0.25, 0.3) is 0 Å². The molecule has 0 aromatic carbocycles. The van der Waals surface area contributed by atoms with Crippen LogP contribution >= 0.6 is 0 Å². The number of hydrogen-bond donors (Lipinski definition) is 2. The Morgan fingerprint density at radius 3 is 2.46 bits per heavy atom. The number of carboxylic acids is 1. The summed E-state index contributed by atoms with van der Waals surface area (Å²) in [4.78, 5) is 23.4. The lowest BCUT2D eigenvalue weighted by Gasteiger charge is -2.31. The van der Waals surface area contributed by atoms with Crippen molar-refractivity contribution in [2.45, 2.75) is 52.0 Å². The van der Waals surface area contributed by atoms with Gasteiger partial charge < -0.3 is 10.4 Å². The molecule has 1 aliphatic rings. The van der Waals surface area contributed by atoms with E-state index in [2.05, 4.69) is 5.32 Å². The number of unbranched alkanes of at least 4 members (excludes halogenated alkanes) is 1. The molecule has 1 atom stereocenters. The van der Waals surface area contributed by atoms with Crippen molar-refractivity contribution in [2.24, 2.45) is 5.92 Å². The van der Waals surface area contributed by atoms with E-state index in [4.69, 9.17) is 5.11 Å². The Balaban J connectivity index is 2.54. The number of carbonyl (C=O) groups is 2. The first-order valence-corrected chi connectivity index (χ1v) is 10.0. The summed E-state index contributed by atoms with van der Waals surface area (Å²) in [5, 5.41) is 11.7. The van der Waals surface area contributed by atoms with Gasteiger partial charge in [-0.15, -0.1) is 0 Å². The van der Waals surface area contributed by atoms with Crippen molar-refractivity contribution in [3.8, 4) is 0 Å². The fourth-order valence-corrected chi connectivity index (χ4v) is 4.31. The highest BCUT2D eigenvalue weighted by Crippen LogP contribution is 2.21. The molecule has 2 N–H and O–H groups in total. The van der Waals surface area contributed by atoms with Crippen LogP contribution in [-0.4, -0.2) is 54.6 Å². The van der Waals surface area contributed by atoms with Crippen molar-refractivity contribution in [3.63, 3.8) is 0 Å². The molecule has 8 heteroatoms. The van der Waals surface area contributed by atoms with E-state index in [-0.39, 0.29) is 24.0 Å². The number of nitrogens with one attached hydrogen (secondary N) is 1. The highest BCUT2D eigenvalue weighted by atomic mass is 32.2. The second kappa shape index (κ2) is 9.78. The van der Waals surface area contributed by atoms with Gasteiger partial charge in [-0.3, -0.25) is 4.79 Å². The van der Waals surface area contributed by atoms with E-state index in [1.54, 1.807) is 19.1 Å². The van der Waals surface area contributed by atoms with E-state index < -0.39 is 22.0 Å². The number of piperidine rings is 1. The zero-order valence-electron chi connectivity index (χ0n) is 14.4. The molecule has 24 heavy (non-hydrogen) atoms. The van der Waals surface area contributed by atoms with E-state index in [1.807, 2.05) is 6.92 Å². The van der Waals surface area contributed by atoms with E-state index in [1.165, 1.54) is 4.31 Å². The zero-order valence-corrected chi connectivity index (χ0v) is 15.2. The quantitative estimate of drug-likeness (QED) is 0.604. The van der Waals surface area contributed by atoms with Crippen molar-refractivity contribution >= 4 is 21.9 Å². The Labute approximate surface area is 144 Å². The molecule has 0 aliphatic carbocycles. The van der Waals surface area contributed by atoms with Gasteiger partial charge >= 0.3 is 5.97 Å². The molecular weight excluding hydrogens is 332 g/mol. The summed E-state index contributed by atoms with van der Waals surface area (Å²) in [6, 6.07) is -0.944. The summed E-state index contributed by atoms with van der Waals surface area (Å²) >= 11 is 0. The lowest BCUT2D eigenvalue weighted by atomic mass is 9.96. The van der Waals surface area contributed by atoms with Crippen LogP contribution < -0.4 is 5.32 Å². The number of rotatable bonds is 9. The zero-order chi connectivity index (χ0) is 18.2. The number of carboxylic acid groups (broad SMARTS) is 1. The SMILES string of the molecule is C/C=C/CC(NC(=O)C1CCN(S(=O)(=O)CCCC)CC1)C(=O)O. The third kappa shape index (κ3) is 6.24. The fraction of sp³-hybridized carbons (Fsp3) is 0.750. The number of carbonyl (C=O) groups excluding carboxylic acids is 1. The third-order valence-electron chi connectivity index (χ3n) is 4.20. The summed E-state index contributed by atoms with van der Waals surface area (Å²) in [6.07, 6.45) is 5.97. The largest absolute Gasteiger partial charge is 0.480 e. The molecular formula is C16H28N2O5S. The molecule has 1 unspecified atom stereocenters. The Morgan fingerprint density at radius 2 is 1.96 bits per heavy atom. The van der Waals surface area contributed by atoms with E-state index in [0.29, 0.717) is 32.4 Å². The molecule has 1 saturated heterocycles. The van der Waals surface area contributed by atoms with Crippen LogP contribution in [0.4, 0.5) is 0 Å². The minimum absolute atomic E-state index is 0.144. The van der Waals surface area contributed by atoms with Crippen LogP contribution in [0.25, 0.3) is 0 Å². The summed E-state index contributed by atoms with van der Waals surface area (Å²) in [7, 11) is -3.24. The summed E-state index contributed by atoms with van der Waals surface area (Å²) in [5.74, 6) is -1.57. The molecule has 1 amide bonds. The Morgan fingerprint density at radius 1 is 1.33 bits per heavy atom. The Bertz CT molecular complexity index is 551. The van der Waals surface area contributed by atoms with Gasteiger partial charge in [0, 0.05) is 19.0 Å². The maximum Gasteiger partial charge on any atom is 0.326 e. The van der Waals surface area contributed by atoms with E-state index in [9.17, 15) is 18.0 Å². The predicted octanol–water partition coefficient (Wildman–Crippen LogP) is 1.36. The number of allylic oxidation sites excluding steroid dienone is 1. The van der Waals surface area contributed by atoms with E-state index >= 15 is 0 Å². The number of hydrogen-bond acceptors (Lipinski definition) is 4. The van der Waals surface area contributed by atoms with Crippen LogP contribution in [0.15, 0.2) is 12.2 Å². The van der Waals surface area contributed by atoms with Gasteiger partial charge in [0.2, 0.25) is 15.9 Å².